The Morgan fingerprint density at radius 1 is 1.09 bits per heavy atom. The van der Waals surface area contributed by atoms with Crippen molar-refractivity contribution < 1.29 is 0 Å². The van der Waals surface area contributed by atoms with Crippen LogP contribution in [0.5, 0.6) is 0 Å². The predicted octanol–water partition coefficient (Wildman–Crippen LogP) is 1.31. The quantitative estimate of drug-likeness (QED) is 0.628. The minimum atomic E-state index is 0.510. The number of nitrogens with zero attached hydrogens (tertiary/aromatic N) is 4. The third-order valence-electron chi connectivity index (χ3n) is 5.32. The molecule has 2 fully saturated rings. The Balaban J connectivity index is 1.89. The molecule has 0 saturated carbocycles. The normalized spacial score (nSPS) is 25.0. The molecule has 2 aliphatic rings. The second kappa shape index (κ2) is 8.16. The average molecular weight is 310 g/mol. The lowest BCUT2D eigenvalue weighted by Crippen LogP contribution is -2.52. The van der Waals surface area contributed by atoms with Gasteiger partial charge in [0.05, 0.1) is 6.54 Å². The van der Waals surface area contributed by atoms with Crippen LogP contribution in [0.4, 0.5) is 0 Å². The molecule has 0 aromatic heterocycles. The topological polar surface area (TPSA) is 48.1 Å². The summed E-state index contributed by atoms with van der Waals surface area (Å²) in [6, 6.07) is 0.510. The van der Waals surface area contributed by atoms with Gasteiger partial charge in [-0.2, -0.15) is 0 Å². The maximum Gasteiger partial charge on any atom is 0.191 e. The Morgan fingerprint density at radius 3 is 2.23 bits per heavy atom. The molecule has 1 atom stereocenters. The van der Waals surface area contributed by atoms with Crippen LogP contribution >= 0.6 is 0 Å². The lowest BCUT2D eigenvalue weighted by Gasteiger charge is -2.39. The number of likely N-dealkylation sites (N-methyl/N-ethyl adjacent to an activating group) is 1. The highest BCUT2D eigenvalue weighted by Crippen LogP contribution is 2.17. The van der Waals surface area contributed by atoms with Crippen LogP contribution in [0.3, 0.4) is 0 Å². The summed E-state index contributed by atoms with van der Waals surface area (Å²) in [6.45, 7) is 14.5. The molecule has 22 heavy (non-hydrogen) atoms. The standard InChI is InChI=1S/C17H35N5/c1-14(2)16(21-11-9-20(4)10-12-21)13-19-17(18)22-7-5-15(3)6-8-22/h14-16H,5-13H2,1-4H3,(H2,18,19). The molecule has 2 rings (SSSR count). The molecule has 0 amide bonds. The van der Waals surface area contributed by atoms with Gasteiger partial charge in [0.2, 0.25) is 0 Å². The summed E-state index contributed by atoms with van der Waals surface area (Å²) in [5.74, 6) is 2.20. The largest absolute Gasteiger partial charge is 0.370 e. The van der Waals surface area contributed by atoms with Gasteiger partial charge >= 0.3 is 0 Å². The minimum absolute atomic E-state index is 0.510. The summed E-state index contributed by atoms with van der Waals surface area (Å²) in [6.07, 6.45) is 2.48. The monoisotopic (exact) mass is 309 g/mol. The van der Waals surface area contributed by atoms with Crippen molar-refractivity contribution in [2.45, 2.75) is 39.7 Å². The lowest BCUT2D eigenvalue weighted by molar-refractivity contribution is 0.0924. The van der Waals surface area contributed by atoms with Gasteiger partial charge in [-0.05, 0) is 31.7 Å². The molecule has 0 spiro atoms. The van der Waals surface area contributed by atoms with Gasteiger partial charge in [0.1, 0.15) is 0 Å². The van der Waals surface area contributed by atoms with E-state index in [1.807, 2.05) is 0 Å². The van der Waals surface area contributed by atoms with Crippen molar-refractivity contribution in [3.63, 3.8) is 0 Å². The first kappa shape index (κ1) is 17.5. The van der Waals surface area contributed by atoms with Gasteiger partial charge in [-0.3, -0.25) is 9.89 Å². The number of aliphatic imine (C=N–C) groups is 1. The molecule has 128 valence electrons. The zero-order chi connectivity index (χ0) is 16.1. The number of nitrogens with two attached hydrogens (primary N) is 1. The van der Waals surface area contributed by atoms with E-state index in [0.29, 0.717) is 12.0 Å². The van der Waals surface area contributed by atoms with Gasteiger partial charge in [0.15, 0.2) is 5.96 Å². The number of likely N-dealkylation sites (tertiary alicyclic amines) is 1. The van der Waals surface area contributed by atoms with Crippen molar-refractivity contribution in [2.75, 3.05) is 52.9 Å². The Hall–Kier alpha value is -0.810. The van der Waals surface area contributed by atoms with Crippen molar-refractivity contribution in [1.82, 2.24) is 14.7 Å². The number of rotatable bonds is 4. The Kier molecular flexibility index (Phi) is 6.50. The Bertz CT molecular complexity index is 352. The maximum absolute atomic E-state index is 6.24. The van der Waals surface area contributed by atoms with E-state index in [4.69, 9.17) is 10.7 Å². The van der Waals surface area contributed by atoms with E-state index in [0.717, 1.165) is 57.7 Å². The van der Waals surface area contributed by atoms with Crippen LogP contribution in [0.2, 0.25) is 0 Å². The highest BCUT2D eigenvalue weighted by Gasteiger charge is 2.25. The fourth-order valence-corrected chi connectivity index (χ4v) is 3.43. The van der Waals surface area contributed by atoms with Crippen LogP contribution < -0.4 is 5.73 Å². The van der Waals surface area contributed by atoms with Gasteiger partial charge in [-0.1, -0.05) is 20.8 Å². The van der Waals surface area contributed by atoms with Crippen molar-refractivity contribution >= 4 is 5.96 Å². The molecule has 0 aromatic rings. The molecule has 2 saturated heterocycles. The van der Waals surface area contributed by atoms with Gasteiger partial charge in [-0.15, -0.1) is 0 Å². The lowest BCUT2D eigenvalue weighted by atomic mass is 9.99. The zero-order valence-corrected chi connectivity index (χ0v) is 15.0. The Morgan fingerprint density at radius 2 is 1.68 bits per heavy atom. The fourth-order valence-electron chi connectivity index (χ4n) is 3.43. The van der Waals surface area contributed by atoms with Crippen molar-refractivity contribution in [3.8, 4) is 0 Å². The summed E-state index contributed by atoms with van der Waals surface area (Å²) in [5, 5.41) is 0. The van der Waals surface area contributed by atoms with Gasteiger partial charge in [0, 0.05) is 45.3 Å². The molecular weight excluding hydrogens is 274 g/mol. The summed E-state index contributed by atoms with van der Waals surface area (Å²) >= 11 is 0. The smallest absolute Gasteiger partial charge is 0.191 e. The van der Waals surface area contributed by atoms with E-state index in [9.17, 15) is 0 Å². The van der Waals surface area contributed by atoms with E-state index in [-0.39, 0.29) is 0 Å². The predicted molar refractivity (Wildman–Crippen MR) is 94.2 cm³/mol. The fraction of sp³-hybridized carbons (Fsp3) is 0.941. The average Bonchev–Trinajstić information content (AvgIpc) is 2.49. The second-order valence-corrected chi connectivity index (χ2v) is 7.52. The number of hydrogen-bond donors (Lipinski definition) is 1. The molecule has 1 unspecified atom stereocenters. The number of piperidine rings is 1. The molecule has 0 aromatic carbocycles. The van der Waals surface area contributed by atoms with Gasteiger partial charge < -0.3 is 15.5 Å². The summed E-state index contributed by atoms with van der Waals surface area (Å²) in [7, 11) is 2.20. The van der Waals surface area contributed by atoms with Crippen LogP contribution in [0, 0.1) is 11.8 Å². The van der Waals surface area contributed by atoms with E-state index in [1.165, 1.54) is 12.8 Å². The van der Waals surface area contributed by atoms with Gasteiger partial charge in [0.25, 0.3) is 0 Å². The molecule has 2 N–H and O–H groups in total. The van der Waals surface area contributed by atoms with E-state index >= 15 is 0 Å². The molecular formula is C17H35N5. The highest BCUT2D eigenvalue weighted by molar-refractivity contribution is 5.78. The van der Waals surface area contributed by atoms with Crippen molar-refractivity contribution in [3.05, 3.63) is 0 Å². The molecule has 0 bridgehead atoms. The van der Waals surface area contributed by atoms with Crippen LogP contribution in [0.25, 0.3) is 0 Å². The summed E-state index contributed by atoms with van der Waals surface area (Å²) in [5.41, 5.74) is 6.24. The van der Waals surface area contributed by atoms with E-state index < -0.39 is 0 Å². The van der Waals surface area contributed by atoms with Crippen LogP contribution in [0.1, 0.15) is 33.6 Å². The molecule has 2 heterocycles. The number of hydrogen-bond acceptors (Lipinski definition) is 3. The summed E-state index contributed by atoms with van der Waals surface area (Å²) < 4.78 is 0. The van der Waals surface area contributed by atoms with Crippen molar-refractivity contribution in [1.29, 1.82) is 0 Å². The number of guanidine groups is 1. The molecule has 5 heteroatoms. The van der Waals surface area contributed by atoms with Crippen LogP contribution in [-0.2, 0) is 0 Å². The molecule has 2 aliphatic heterocycles. The SMILES string of the molecule is CC1CCN(C(N)=NCC(C(C)C)N2CCN(C)CC2)CC1. The van der Waals surface area contributed by atoms with Crippen LogP contribution in [0.15, 0.2) is 4.99 Å². The molecule has 0 aliphatic carbocycles. The maximum atomic E-state index is 6.24. The first-order valence-corrected chi connectivity index (χ1v) is 8.95. The first-order chi connectivity index (χ1) is 10.5. The van der Waals surface area contributed by atoms with Crippen LogP contribution in [-0.4, -0.2) is 79.6 Å². The second-order valence-electron chi connectivity index (χ2n) is 7.52. The van der Waals surface area contributed by atoms with Gasteiger partial charge in [-0.25, -0.2) is 0 Å². The summed E-state index contributed by atoms with van der Waals surface area (Å²) in [4.78, 5) is 12.0. The minimum Gasteiger partial charge on any atom is -0.370 e. The third kappa shape index (κ3) is 4.85. The van der Waals surface area contributed by atoms with Crippen molar-refractivity contribution in [2.24, 2.45) is 22.6 Å². The third-order valence-corrected chi connectivity index (χ3v) is 5.32. The van der Waals surface area contributed by atoms with E-state index in [2.05, 4.69) is 42.5 Å². The van der Waals surface area contributed by atoms with E-state index in [1.54, 1.807) is 0 Å². The zero-order valence-electron chi connectivity index (χ0n) is 15.0. The highest BCUT2D eigenvalue weighted by atomic mass is 15.3. The first-order valence-electron chi connectivity index (χ1n) is 8.95. The molecule has 0 radical (unpaired) electrons. The molecule has 5 nitrogen and oxygen atoms in total. The number of piperazine rings is 1. The Labute approximate surface area is 136 Å².